The molecule has 0 aliphatic carbocycles. The maximum absolute atomic E-state index is 12.1. The van der Waals surface area contributed by atoms with Crippen molar-refractivity contribution in [2.45, 2.75) is 32.5 Å². The van der Waals surface area contributed by atoms with Gasteiger partial charge in [-0.05, 0) is 37.1 Å². The molecular weight excluding hydrogens is 272 g/mol. The van der Waals surface area contributed by atoms with Crippen molar-refractivity contribution in [3.63, 3.8) is 0 Å². The number of aromatic carboxylic acids is 1. The van der Waals surface area contributed by atoms with Crippen LogP contribution in [-0.4, -0.2) is 41.3 Å². The van der Waals surface area contributed by atoms with E-state index in [-0.39, 0.29) is 11.6 Å². The van der Waals surface area contributed by atoms with Gasteiger partial charge in [-0.15, -0.1) is 0 Å². The van der Waals surface area contributed by atoms with Crippen LogP contribution in [0.1, 0.15) is 35.3 Å². The van der Waals surface area contributed by atoms with Gasteiger partial charge in [-0.25, -0.2) is 9.59 Å². The fourth-order valence-corrected chi connectivity index (χ4v) is 2.14. The van der Waals surface area contributed by atoms with Gasteiger partial charge in [0.1, 0.15) is 0 Å². The molecule has 0 unspecified atom stereocenters. The SMILES string of the molecule is COC(C)(C)CNC(=O)N1Cc2ccc(C(=O)O)cc2C1. The van der Waals surface area contributed by atoms with Crippen molar-refractivity contribution in [1.29, 1.82) is 0 Å². The highest BCUT2D eigenvalue weighted by atomic mass is 16.5. The van der Waals surface area contributed by atoms with Crippen LogP contribution in [-0.2, 0) is 17.8 Å². The monoisotopic (exact) mass is 292 g/mol. The van der Waals surface area contributed by atoms with E-state index >= 15 is 0 Å². The molecule has 0 aromatic heterocycles. The lowest BCUT2D eigenvalue weighted by molar-refractivity contribution is 0.0243. The molecule has 1 aromatic carbocycles. The first kappa shape index (κ1) is 15.3. The van der Waals surface area contributed by atoms with Crippen molar-refractivity contribution >= 4 is 12.0 Å². The summed E-state index contributed by atoms with van der Waals surface area (Å²) in [4.78, 5) is 24.7. The topological polar surface area (TPSA) is 78.9 Å². The number of carboxylic acids is 1. The van der Waals surface area contributed by atoms with Crippen molar-refractivity contribution in [1.82, 2.24) is 10.2 Å². The van der Waals surface area contributed by atoms with Crippen LogP contribution >= 0.6 is 0 Å². The lowest BCUT2D eigenvalue weighted by Crippen LogP contribution is -2.44. The average molecular weight is 292 g/mol. The zero-order valence-electron chi connectivity index (χ0n) is 12.5. The summed E-state index contributed by atoms with van der Waals surface area (Å²) in [6.07, 6.45) is 0. The van der Waals surface area contributed by atoms with E-state index in [1.165, 1.54) is 0 Å². The molecule has 1 heterocycles. The number of benzene rings is 1. The quantitative estimate of drug-likeness (QED) is 0.887. The maximum Gasteiger partial charge on any atom is 0.335 e. The minimum Gasteiger partial charge on any atom is -0.478 e. The molecule has 1 aliphatic heterocycles. The number of nitrogens with zero attached hydrogens (tertiary/aromatic N) is 1. The van der Waals surface area contributed by atoms with Gasteiger partial charge in [-0.2, -0.15) is 0 Å². The zero-order valence-corrected chi connectivity index (χ0v) is 12.5. The molecule has 6 heteroatoms. The van der Waals surface area contributed by atoms with Gasteiger partial charge in [0.15, 0.2) is 0 Å². The number of rotatable bonds is 4. The number of ether oxygens (including phenoxy) is 1. The van der Waals surface area contributed by atoms with E-state index in [1.54, 1.807) is 30.2 Å². The highest BCUT2D eigenvalue weighted by Gasteiger charge is 2.25. The largest absolute Gasteiger partial charge is 0.478 e. The molecule has 2 N–H and O–H groups in total. The Labute approximate surface area is 123 Å². The predicted molar refractivity (Wildman–Crippen MR) is 77.1 cm³/mol. The lowest BCUT2D eigenvalue weighted by Gasteiger charge is -2.25. The fraction of sp³-hybridized carbons (Fsp3) is 0.467. The first-order valence-electron chi connectivity index (χ1n) is 6.75. The minimum atomic E-state index is -0.956. The summed E-state index contributed by atoms with van der Waals surface area (Å²) >= 11 is 0. The molecule has 0 atom stereocenters. The molecule has 6 nitrogen and oxygen atoms in total. The Hall–Kier alpha value is -2.08. The molecule has 2 amide bonds. The molecule has 1 aromatic rings. The van der Waals surface area contributed by atoms with E-state index in [0.717, 1.165) is 11.1 Å². The van der Waals surface area contributed by atoms with Crippen LogP contribution in [0.15, 0.2) is 18.2 Å². The Morgan fingerprint density at radius 2 is 2.00 bits per heavy atom. The number of amides is 2. The van der Waals surface area contributed by atoms with Gasteiger partial charge in [-0.1, -0.05) is 6.07 Å². The number of methoxy groups -OCH3 is 1. The van der Waals surface area contributed by atoms with Crippen LogP contribution < -0.4 is 5.32 Å². The first-order valence-corrected chi connectivity index (χ1v) is 6.75. The van der Waals surface area contributed by atoms with Gasteiger partial charge >= 0.3 is 12.0 Å². The first-order chi connectivity index (χ1) is 9.82. The maximum atomic E-state index is 12.1. The van der Waals surface area contributed by atoms with Crippen molar-refractivity contribution in [2.24, 2.45) is 0 Å². The van der Waals surface area contributed by atoms with E-state index in [2.05, 4.69) is 5.32 Å². The molecular formula is C15H20N2O4. The number of hydrogen-bond donors (Lipinski definition) is 2. The van der Waals surface area contributed by atoms with Crippen LogP contribution in [0.4, 0.5) is 4.79 Å². The Morgan fingerprint density at radius 1 is 1.33 bits per heavy atom. The number of carbonyl (C=O) groups is 2. The van der Waals surface area contributed by atoms with Crippen LogP contribution in [0.5, 0.6) is 0 Å². The Kier molecular flexibility index (Phi) is 4.18. The molecule has 0 spiro atoms. The summed E-state index contributed by atoms with van der Waals surface area (Å²) in [5.74, 6) is -0.956. The highest BCUT2D eigenvalue weighted by molar-refractivity contribution is 5.88. The van der Waals surface area contributed by atoms with Crippen LogP contribution in [0.25, 0.3) is 0 Å². The fourth-order valence-electron chi connectivity index (χ4n) is 2.14. The summed E-state index contributed by atoms with van der Waals surface area (Å²) < 4.78 is 5.26. The van der Waals surface area contributed by atoms with Gasteiger partial charge < -0.3 is 20.1 Å². The average Bonchev–Trinajstić information content (AvgIpc) is 2.87. The van der Waals surface area contributed by atoms with Crippen molar-refractivity contribution in [3.05, 3.63) is 34.9 Å². The normalized spacial score (nSPS) is 14.0. The van der Waals surface area contributed by atoms with Crippen LogP contribution in [0, 0.1) is 0 Å². The van der Waals surface area contributed by atoms with Crippen molar-refractivity contribution in [3.8, 4) is 0 Å². The highest BCUT2D eigenvalue weighted by Crippen LogP contribution is 2.24. The summed E-state index contributed by atoms with van der Waals surface area (Å²) in [7, 11) is 1.60. The molecule has 0 bridgehead atoms. The van der Waals surface area contributed by atoms with Crippen molar-refractivity contribution in [2.75, 3.05) is 13.7 Å². The van der Waals surface area contributed by atoms with E-state index in [1.807, 2.05) is 13.8 Å². The second-order valence-electron chi connectivity index (χ2n) is 5.77. The van der Waals surface area contributed by atoms with Gasteiger partial charge in [-0.3, -0.25) is 0 Å². The summed E-state index contributed by atoms with van der Waals surface area (Å²) in [5.41, 5.74) is 1.70. The van der Waals surface area contributed by atoms with Gasteiger partial charge in [0.2, 0.25) is 0 Å². The van der Waals surface area contributed by atoms with Gasteiger partial charge in [0.25, 0.3) is 0 Å². The minimum absolute atomic E-state index is 0.173. The van der Waals surface area contributed by atoms with Crippen LogP contribution in [0.2, 0.25) is 0 Å². The lowest BCUT2D eigenvalue weighted by atomic mass is 10.1. The third kappa shape index (κ3) is 3.52. The molecule has 21 heavy (non-hydrogen) atoms. The number of carbonyl (C=O) groups excluding carboxylic acids is 1. The smallest absolute Gasteiger partial charge is 0.335 e. The second-order valence-corrected chi connectivity index (χ2v) is 5.77. The Morgan fingerprint density at radius 3 is 2.62 bits per heavy atom. The Balaban J connectivity index is 1.99. The summed E-state index contributed by atoms with van der Waals surface area (Å²) in [6, 6.07) is 4.79. The number of carboxylic acid groups (broad SMARTS) is 1. The number of hydrogen-bond acceptors (Lipinski definition) is 3. The molecule has 0 saturated carbocycles. The molecule has 0 radical (unpaired) electrons. The standard InChI is InChI=1S/C15H20N2O4/c1-15(2,21-3)9-16-14(20)17-7-11-5-4-10(13(18)19)6-12(11)8-17/h4-6H,7-9H2,1-3H3,(H,16,20)(H,18,19). The van der Waals surface area contributed by atoms with E-state index < -0.39 is 11.6 Å². The molecule has 114 valence electrons. The third-order valence-electron chi connectivity index (χ3n) is 3.68. The van der Waals surface area contributed by atoms with E-state index in [9.17, 15) is 9.59 Å². The predicted octanol–water partition coefficient (Wildman–Crippen LogP) is 1.83. The summed E-state index contributed by atoms with van der Waals surface area (Å²) in [6.45, 7) is 5.12. The second kappa shape index (κ2) is 5.73. The molecule has 1 aliphatic rings. The number of urea groups is 1. The summed E-state index contributed by atoms with van der Waals surface area (Å²) in [5, 5.41) is 11.8. The van der Waals surface area contributed by atoms with Gasteiger partial charge in [0, 0.05) is 26.7 Å². The van der Waals surface area contributed by atoms with E-state index in [4.69, 9.17) is 9.84 Å². The Bertz CT molecular complexity index is 569. The van der Waals surface area contributed by atoms with E-state index in [0.29, 0.717) is 19.6 Å². The number of fused-ring (bicyclic) bond motifs is 1. The molecule has 0 saturated heterocycles. The van der Waals surface area contributed by atoms with Gasteiger partial charge in [0.05, 0.1) is 11.2 Å². The van der Waals surface area contributed by atoms with Crippen molar-refractivity contribution < 1.29 is 19.4 Å². The van der Waals surface area contributed by atoms with Crippen LogP contribution in [0.3, 0.4) is 0 Å². The third-order valence-corrected chi connectivity index (χ3v) is 3.68. The number of nitrogens with one attached hydrogen (secondary N) is 1. The zero-order chi connectivity index (χ0) is 15.6. The molecule has 0 fully saturated rings. The molecule has 2 rings (SSSR count).